The molecular formula is C53H46Cl2F6Zr-2. The van der Waals surface area contributed by atoms with Crippen LogP contribution in [0.3, 0.4) is 0 Å². The Balaban J connectivity index is 0.000000211. The molecule has 0 aromatic heterocycles. The molecule has 0 N–H and O–H groups in total. The first-order chi connectivity index (χ1) is 28.5. The van der Waals surface area contributed by atoms with Gasteiger partial charge in [0.15, 0.2) is 0 Å². The molecule has 1 atom stereocenters. The number of alkyl halides is 6. The summed E-state index contributed by atoms with van der Waals surface area (Å²) in [5.41, 5.74) is 5.72. The van der Waals surface area contributed by atoms with Gasteiger partial charge in [-0.2, -0.15) is 11.6 Å². The van der Waals surface area contributed by atoms with E-state index in [2.05, 4.69) is 149 Å². The zero-order chi connectivity index (χ0) is 43.1. The first-order valence-corrected chi connectivity index (χ1v) is 21.2. The smallest absolute Gasteiger partial charge is 0.0259 e. The molecule has 1 aliphatic rings. The number of hydrogen-bond donors (Lipinski definition) is 0. The van der Waals surface area contributed by atoms with Crippen molar-refractivity contribution in [3.63, 3.8) is 0 Å². The molecule has 0 heterocycles. The van der Waals surface area contributed by atoms with E-state index in [9.17, 15) is 26.3 Å². The van der Waals surface area contributed by atoms with Gasteiger partial charge in [-0.25, -0.2) is 6.08 Å². The minimum Gasteiger partial charge on any atom is -1.00 e. The SMILES string of the molecule is CCCCC1[C-]=CC(C(C)(C)C)=C1.FC(F)(F)c1cccc([C](=[Zr+2])c2cccc(C(F)(F)F)c2)c1.[Cl-].[Cl-].c1ccc(-c2ccc3c(c2)[cH-]c2cc(-c4ccccc4)ccc23)cc1. The Morgan fingerprint density at radius 3 is 1.42 bits per heavy atom. The van der Waals surface area contributed by atoms with E-state index < -0.39 is 23.5 Å². The molecular weight excluding hydrogens is 913 g/mol. The molecule has 7 aromatic rings. The fourth-order valence-electron chi connectivity index (χ4n) is 7.08. The Morgan fingerprint density at radius 1 is 0.581 bits per heavy atom. The van der Waals surface area contributed by atoms with Gasteiger partial charge in [0, 0.05) is 0 Å². The minimum atomic E-state index is -4.49. The van der Waals surface area contributed by atoms with Crippen LogP contribution >= 0.6 is 0 Å². The first-order valence-electron chi connectivity index (χ1n) is 20.0. The van der Waals surface area contributed by atoms with Gasteiger partial charge in [0.05, 0.1) is 0 Å². The summed E-state index contributed by atoms with van der Waals surface area (Å²) in [6, 6.07) is 46.2. The summed E-state index contributed by atoms with van der Waals surface area (Å²) in [4.78, 5) is 0. The molecule has 0 bridgehead atoms. The van der Waals surface area contributed by atoms with Crippen molar-refractivity contribution >= 4 is 24.8 Å². The summed E-state index contributed by atoms with van der Waals surface area (Å²) in [6.07, 6.45) is 2.90. The number of unbranched alkanes of at least 4 members (excludes halogenated alkanes) is 1. The topological polar surface area (TPSA) is 0 Å². The Kier molecular flexibility index (Phi) is 17.6. The van der Waals surface area contributed by atoms with Crippen LogP contribution in [0.25, 0.3) is 43.8 Å². The fourth-order valence-corrected chi connectivity index (χ4v) is 7.84. The van der Waals surface area contributed by atoms with Gasteiger partial charge in [0.25, 0.3) is 0 Å². The quantitative estimate of drug-likeness (QED) is 0.110. The normalized spacial score (nSPS) is 13.5. The van der Waals surface area contributed by atoms with E-state index in [4.69, 9.17) is 0 Å². The fraction of sp³-hybridized carbons (Fsp3) is 0.208. The van der Waals surface area contributed by atoms with Crippen molar-refractivity contribution in [3.8, 4) is 22.3 Å². The standard InChI is InChI=1S/C25H17.C15H8F6.C13H21.2ClH.Zr/c1-3-7-18(8-4-1)20-11-13-24-22(15-20)17-23-16-21(12-14-25(23)24)19-9-5-2-6-10-19;16-14(17,18)12-5-1-3-10(8-12)7-11-4-2-6-13(9-11)15(19,20)21;1-5-6-7-11-8-9-12(10-11)13(2,3)4;;;/h1-17H;1-6,8-9H;9-11H,5-7H2,1-4H3;2*1H;/q-1;;-1;;;+2/p-2. The zero-order valence-electron chi connectivity index (χ0n) is 34.8. The second kappa shape index (κ2) is 21.8. The van der Waals surface area contributed by atoms with Crippen molar-refractivity contribution in [2.45, 2.75) is 59.3 Å². The third kappa shape index (κ3) is 13.1. The van der Waals surface area contributed by atoms with Gasteiger partial charge < -0.3 is 24.8 Å². The van der Waals surface area contributed by atoms with Crippen LogP contribution in [0.2, 0.25) is 0 Å². The van der Waals surface area contributed by atoms with Crippen LogP contribution in [0, 0.1) is 17.4 Å². The maximum atomic E-state index is 12.7. The van der Waals surface area contributed by atoms with Gasteiger partial charge in [-0.3, -0.25) is 6.08 Å². The van der Waals surface area contributed by atoms with Crippen LogP contribution in [0.4, 0.5) is 26.3 Å². The Bertz CT molecular complexity index is 2460. The van der Waals surface area contributed by atoms with Crippen molar-refractivity contribution in [1.82, 2.24) is 0 Å². The van der Waals surface area contributed by atoms with Gasteiger partial charge >= 0.3 is 137 Å². The van der Waals surface area contributed by atoms with Crippen molar-refractivity contribution in [2.75, 3.05) is 0 Å². The number of fused-ring (bicyclic) bond motifs is 3. The number of allylic oxidation sites excluding steroid dienone is 4. The maximum Gasteiger partial charge on any atom is -0.0259 e. The summed E-state index contributed by atoms with van der Waals surface area (Å²) in [7, 11) is 0. The van der Waals surface area contributed by atoms with E-state index in [0.717, 1.165) is 48.5 Å². The molecule has 1 unspecified atom stereocenters. The second-order valence-corrected chi connectivity index (χ2v) is 17.2. The Labute approximate surface area is 388 Å². The van der Waals surface area contributed by atoms with E-state index in [0.29, 0.717) is 14.5 Å². The number of halogens is 8. The monoisotopic (exact) mass is 956 g/mol. The van der Waals surface area contributed by atoms with Gasteiger partial charge in [-0.05, 0) is 11.1 Å². The molecule has 0 radical (unpaired) electrons. The molecule has 7 aromatic carbocycles. The van der Waals surface area contributed by atoms with E-state index in [1.807, 2.05) is 0 Å². The van der Waals surface area contributed by atoms with E-state index in [1.54, 1.807) is 0 Å². The van der Waals surface area contributed by atoms with Crippen molar-refractivity contribution in [1.29, 1.82) is 0 Å². The van der Waals surface area contributed by atoms with Crippen molar-refractivity contribution in [3.05, 3.63) is 198 Å². The molecule has 9 heteroatoms. The Morgan fingerprint density at radius 2 is 1.03 bits per heavy atom. The van der Waals surface area contributed by atoms with Gasteiger partial charge in [0.2, 0.25) is 0 Å². The predicted octanol–water partition coefficient (Wildman–Crippen LogP) is 10.0. The van der Waals surface area contributed by atoms with E-state index >= 15 is 0 Å². The second-order valence-electron chi connectivity index (χ2n) is 15.9. The van der Waals surface area contributed by atoms with Crippen LogP contribution in [0.5, 0.6) is 0 Å². The van der Waals surface area contributed by atoms with Gasteiger partial charge in [-0.1, -0.05) is 154 Å². The summed E-state index contributed by atoms with van der Waals surface area (Å²) in [5.74, 6) is 0.592. The average molecular weight is 959 g/mol. The summed E-state index contributed by atoms with van der Waals surface area (Å²) >= 11 is 0.729. The molecule has 320 valence electrons. The minimum absolute atomic E-state index is 0. The molecule has 0 saturated heterocycles. The molecule has 8 rings (SSSR count). The third-order valence-corrected chi connectivity index (χ3v) is 11.9. The predicted molar refractivity (Wildman–Crippen MR) is 232 cm³/mol. The first kappa shape index (κ1) is 50.2. The van der Waals surface area contributed by atoms with Crippen LogP contribution < -0.4 is 24.8 Å². The summed E-state index contributed by atoms with van der Waals surface area (Å²) < 4.78 is 76.7. The molecule has 0 fully saturated rings. The van der Waals surface area contributed by atoms with Crippen LogP contribution in [0.15, 0.2) is 169 Å². The molecule has 1 aliphatic carbocycles. The molecule has 0 spiro atoms. The summed E-state index contributed by atoms with van der Waals surface area (Å²) in [5, 5.41) is 5.27. The van der Waals surface area contributed by atoms with Gasteiger partial charge in [0.1, 0.15) is 0 Å². The van der Waals surface area contributed by atoms with Crippen LogP contribution in [-0.4, -0.2) is 3.21 Å². The average Bonchev–Trinajstić information content (AvgIpc) is 3.88. The largest absolute Gasteiger partial charge is 1.00 e. The number of benzene rings is 6. The van der Waals surface area contributed by atoms with Crippen LogP contribution in [0.1, 0.15) is 69.2 Å². The molecule has 62 heavy (non-hydrogen) atoms. The maximum absolute atomic E-state index is 12.7. The van der Waals surface area contributed by atoms with E-state index in [1.165, 1.54) is 92.9 Å². The van der Waals surface area contributed by atoms with E-state index in [-0.39, 0.29) is 35.9 Å². The van der Waals surface area contributed by atoms with Crippen molar-refractivity contribution in [2.24, 2.45) is 11.3 Å². The third-order valence-electron chi connectivity index (χ3n) is 10.4. The number of hydrogen-bond acceptors (Lipinski definition) is 0. The molecule has 0 nitrogen and oxygen atoms in total. The Hall–Kier alpha value is -4.42. The molecule has 0 amide bonds. The van der Waals surface area contributed by atoms with Gasteiger partial charge in [-0.15, -0.1) is 39.7 Å². The molecule has 0 saturated carbocycles. The molecule has 0 aliphatic heterocycles. The van der Waals surface area contributed by atoms with Crippen molar-refractivity contribution < 1.29 is 75.4 Å². The van der Waals surface area contributed by atoms with Crippen LogP contribution in [-0.2, 0) is 36.6 Å². The summed E-state index contributed by atoms with van der Waals surface area (Å²) in [6.45, 7) is 9.03. The zero-order valence-corrected chi connectivity index (χ0v) is 38.8. The number of rotatable bonds is 7.